The average Bonchev–Trinajstić information content (AvgIpc) is 3.60. The molecule has 3 amide bonds. The summed E-state index contributed by atoms with van der Waals surface area (Å²) in [4.78, 5) is 49.6. The number of amides is 3. The fourth-order valence-corrected chi connectivity index (χ4v) is 10.3. The standard InChI is InChI=1S/C37H47N3O4S/c1-6-20-38(23-27-14-10-8-11-15-27)33(42)30-31-34(43)40(29(25-41)22-26(3)4)32(37(31)19-18-36(30,5)45-37)35(44)39(21-7-2)24-28-16-12-9-13-17-28/h6-17,26,29-32,41H,1-2,18-25H2,3-5H3/t29-,30+,31+,32?,36-,37?/m1/s1. The molecule has 0 aliphatic carbocycles. The van der Waals surface area contributed by atoms with Crippen molar-refractivity contribution in [3.05, 3.63) is 97.1 Å². The zero-order valence-electron chi connectivity index (χ0n) is 26.8. The lowest BCUT2D eigenvalue weighted by Gasteiger charge is -2.40. The van der Waals surface area contributed by atoms with Crippen LogP contribution < -0.4 is 0 Å². The number of hydrogen-bond acceptors (Lipinski definition) is 5. The van der Waals surface area contributed by atoms with Crippen LogP contribution in [0.4, 0.5) is 0 Å². The van der Waals surface area contributed by atoms with E-state index in [2.05, 4.69) is 33.9 Å². The Morgan fingerprint density at radius 3 is 1.98 bits per heavy atom. The molecule has 2 aromatic rings. The normalized spacial score (nSPS) is 27.4. The van der Waals surface area contributed by atoms with E-state index in [0.717, 1.165) is 17.5 Å². The Hall–Kier alpha value is -3.36. The van der Waals surface area contributed by atoms with Gasteiger partial charge in [0.2, 0.25) is 17.7 Å². The Labute approximate surface area is 272 Å². The van der Waals surface area contributed by atoms with Crippen LogP contribution >= 0.6 is 11.8 Å². The molecule has 6 atom stereocenters. The summed E-state index contributed by atoms with van der Waals surface area (Å²) in [5.41, 5.74) is 2.00. The van der Waals surface area contributed by atoms with Crippen LogP contribution in [-0.4, -0.2) is 78.8 Å². The van der Waals surface area contributed by atoms with E-state index in [1.807, 2.05) is 60.7 Å². The summed E-state index contributed by atoms with van der Waals surface area (Å²) in [5.74, 6) is -1.45. The van der Waals surface area contributed by atoms with E-state index in [1.165, 1.54) is 0 Å². The molecular weight excluding hydrogens is 582 g/mol. The Morgan fingerprint density at radius 1 is 0.956 bits per heavy atom. The van der Waals surface area contributed by atoms with Gasteiger partial charge in [-0.05, 0) is 43.2 Å². The van der Waals surface area contributed by atoms with Crippen molar-refractivity contribution in [2.45, 2.75) is 74.7 Å². The first-order chi connectivity index (χ1) is 21.6. The maximum atomic E-state index is 14.9. The van der Waals surface area contributed by atoms with Crippen molar-refractivity contribution in [3.8, 4) is 0 Å². The van der Waals surface area contributed by atoms with Gasteiger partial charge in [0.15, 0.2) is 0 Å². The number of fused-ring (bicyclic) bond motifs is 1. The predicted molar refractivity (Wildman–Crippen MR) is 180 cm³/mol. The van der Waals surface area contributed by atoms with Gasteiger partial charge < -0.3 is 19.8 Å². The lowest BCUT2D eigenvalue weighted by molar-refractivity contribution is -0.148. The van der Waals surface area contributed by atoms with Gasteiger partial charge in [0.25, 0.3) is 0 Å². The highest BCUT2D eigenvalue weighted by atomic mass is 32.2. The molecule has 3 heterocycles. The van der Waals surface area contributed by atoms with E-state index in [0.29, 0.717) is 39.0 Å². The number of carbonyl (C=O) groups is 3. The lowest BCUT2D eigenvalue weighted by atomic mass is 9.66. The van der Waals surface area contributed by atoms with E-state index in [9.17, 15) is 19.5 Å². The minimum absolute atomic E-state index is 0.0710. The largest absolute Gasteiger partial charge is 0.394 e. The Bertz CT molecular complexity index is 1400. The van der Waals surface area contributed by atoms with Crippen molar-refractivity contribution < 1.29 is 19.5 Å². The Morgan fingerprint density at radius 2 is 1.49 bits per heavy atom. The number of hydrogen-bond donors (Lipinski definition) is 1. The number of thioether (sulfide) groups is 1. The molecule has 0 aromatic heterocycles. The van der Waals surface area contributed by atoms with E-state index in [1.54, 1.807) is 38.6 Å². The summed E-state index contributed by atoms with van der Waals surface area (Å²) in [6.07, 6.45) is 5.41. The molecule has 3 fully saturated rings. The first kappa shape index (κ1) is 33.0. The van der Waals surface area contributed by atoms with Gasteiger partial charge in [-0.15, -0.1) is 24.9 Å². The molecule has 0 saturated carbocycles. The van der Waals surface area contributed by atoms with Crippen molar-refractivity contribution in [1.82, 2.24) is 14.7 Å². The first-order valence-corrected chi connectivity index (χ1v) is 16.9. The maximum Gasteiger partial charge on any atom is 0.247 e. The van der Waals surface area contributed by atoms with E-state index < -0.39 is 33.4 Å². The minimum atomic E-state index is -0.791. The molecule has 1 spiro atoms. The zero-order valence-corrected chi connectivity index (χ0v) is 27.6. The molecule has 3 aliphatic rings. The van der Waals surface area contributed by atoms with Crippen LogP contribution in [-0.2, 0) is 27.5 Å². The summed E-state index contributed by atoms with van der Waals surface area (Å²) in [6.45, 7) is 15.3. The second-order valence-electron chi connectivity index (χ2n) is 13.4. The Kier molecular flexibility index (Phi) is 9.94. The third-order valence-corrected chi connectivity index (χ3v) is 11.8. The van der Waals surface area contributed by atoms with Crippen molar-refractivity contribution in [2.75, 3.05) is 19.7 Å². The second-order valence-corrected chi connectivity index (χ2v) is 15.3. The highest BCUT2D eigenvalue weighted by molar-refractivity contribution is 8.02. The van der Waals surface area contributed by atoms with Crippen molar-refractivity contribution in [1.29, 1.82) is 0 Å². The molecule has 1 N–H and O–H groups in total. The number of aliphatic hydroxyl groups is 1. The van der Waals surface area contributed by atoms with Crippen LogP contribution in [0.2, 0.25) is 0 Å². The van der Waals surface area contributed by atoms with Gasteiger partial charge in [-0.3, -0.25) is 14.4 Å². The van der Waals surface area contributed by atoms with E-state index >= 15 is 0 Å². The van der Waals surface area contributed by atoms with Gasteiger partial charge in [-0.2, -0.15) is 0 Å². The molecule has 8 heteroatoms. The van der Waals surface area contributed by atoms with Crippen LogP contribution in [0.15, 0.2) is 86.0 Å². The molecule has 2 bridgehead atoms. The molecule has 3 saturated heterocycles. The van der Waals surface area contributed by atoms with Crippen LogP contribution in [0, 0.1) is 17.8 Å². The van der Waals surface area contributed by atoms with Crippen molar-refractivity contribution >= 4 is 29.5 Å². The molecule has 5 rings (SSSR count). The lowest BCUT2D eigenvalue weighted by Crippen LogP contribution is -2.57. The van der Waals surface area contributed by atoms with Gasteiger partial charge in [-0.25, -0.2) is 0 Å². The summed E-state index contributed by atoms with van der Waals surface area (Å²) in [7, 11) is 0. The van der Waals surface area contributed by atoms with E-state index in [-0.39, 0.29) is 30.2 Å². The fourth-order valence-electron chi connectivity index (χ4n) is 7.99. The number of aliphatic hydroxyl groups excluding tert-OH is 1. The third-order valence-electron chi connectivity index (χ3n) is 9.82. The minimum Gasteiger partial charge on any atom is -0.394 e. The number of benzene rings is 2. The molecule has 0 radical (unpaired) electrons. The molecule has 240 valence electrons. The van der Waals surface area contributed by atoms with Crippen LogP contribution in [0.25, 0.3) is 0 Å². The maximum absolute atomic E-state index is 14.9. The summed E-state index contributed by atoms with van der Waals surface area (Å²) in [5, 5.41) is 10.7. The van der Waals surface area contributed by atoms with E-state index in [4.69, 9.17) is 0 Å². The van der Waals surface area contributed by atoms with Gasteiger partial charge >= 0.3 is 0 Å². The summed E-state index contributed by atoms with van der Waals surface area (Å²) < 4.78 is -1.26. The second kappa shape index (κ2) is 13.6. The van der Waals surface area contributed by atoms with Crippen LogP contribution in [0.1, 0.15) is 51.2 Å². The fraction of sp³-hybridized carbons (Fsp3) is 0.486. The van der Waals surface area contributed by atoms with Gasteiger partial charge in [0.1, 0.15) is 6.04 Å². The summed E-state index contributed by atoms with van der Waals surface area (Å²) >= 11 is 1.67. The van der Waals surface area contributed by atoms with Gasteiger partial charge in [0.05, 0.1) is 29.2 Å². The Balaban J connectivity index is 1.57. The molecule has 2 aromatic carbocycles. The predicted octanol–water partition coefficient (Wildman–Crippen LogP) is 5.30. The first-order valence-electron chi connectivity index (χ1n) is 16.1. The van der Waals surface area contributed by atoms with Crippen molar-refractivity contribution in [3.63, 3.8) is 0 Å². The highest BCUT2D eigenvalue weighted by Crippen LogP contribution is 2.72. The molecule has 7 nitrogen and oxygen atoms in total. The smallest absolute Gasteiger partial charge is 0.247 e. The highest BCUT2D eigenvalue weighted by Gasteiger charge is 2.78. The molecule has 45 heavy (non-hydrogen) atoms. The number of rotatable bonds is 14. The molecule has 2 unspecified atom stereocenters. The molecular formula is C37H47N3O4S. The number of nitrogens with zero attached hydrogens (tertiary/aromatic N) is 3. The molecule has 3 aliphatic heterocycles. The summed E-state index contributed by atoms with van der Waals surface area (Å²) in [6, 6.07) is 18.4. The monoisotopic (exact) mass is 629 g/mol. The number of likely N-dealkylation sites (tertiary alicyclic amines) is 1. The SMILES string of the molecule is C=CCN(Cc1ccccc1)C(=O)C1N([C@@H](CO)CC(C)C)C(=O)[C@@H]2[C@@H](C(=O)N(CC=C)Cc3ccccc3)[C@@]3(C)CCC12S3. The zero-order chi connectivity index (χ0) is 32.4. The third kappa shape index (κ3) is 6.11. The van der Waals surface area contributed by atoms with Crippen LogP contribution in [0.3, 0.4) is 0 Å². The van der Waals surface area contributed by atoms with Gasteiger partial charge in [-0.1, -0.05) is 86.7 Å². The topological polar surface area (TPSA) is 81.2 Å². The van der Waals surface area contributed by atoms with Crippen LogP contribution in [0.5, 0.6) is 0 Å². The van der Waals surface area contributed by atoms with Gasteiger partial charge in [0, 0.05) is 30.9 Å². The number of carbonyl (C=O) groups excluding carboxylic acids is 3. The average molecular weight is 630 g/mol. The van der Waals surface area contributed by atoms with Crippen molar-refractivity contribution in [2.24, 2.45) is 17.8 Å². The quantitative estimate of drug-likeness (QED) is 0.287.